The molecule has 0 radical (unpaired) electrons. The maximum atomic E-state index is 3.66. The zero-order valence-corrected chi connectivity index (χ0v) is 10.8. The smallest absolute Gasteiger partial charge is 0.0106 e. The Labute approximate surface area is 89.7 Å². The van der Waals surface area contributed by atoms with E-state index in [9.17, 15) is 0 Å². The van der Waals surface area contributed by atoms with Crippen LogP contribution >= 0.6 is 0 Å². The number of hydrogen-bond acceptors (Lipinski definition) is 1. The van der Waals surface area contributed by atoms with Crippen LogP contribution in [0.2, 0.25) is 0 Å². The summed E-state index contributed by atoms with van der Waals surface area (Å²) in [4.78, 5) is 0. The van der Waals surface area contributed by atoms with Crippen molar-refractivity contribution in [2.45, 2.75) is 60.4 Å². The first-order valence-corrected chi connectivity index (χ1v) is 6.13. The molecule has 1 N–H and O–H groups in total. The lowest BCUT2D eigenvalue weighted by Gasteiger charge is -2.19. The van der Waals surface area contributed by atoms with Crippen LogP contribution in [-0.2, 0) is 0 Å². The minimum Gasteiger partial charge on any atom is -0.314 e. The highest BCUT2D eigenvalue weighted by Crippen LogP contribution is 2.69. The lowest BCUT2D eigenvalue weighted by atomic mass is 10.00. The summed E-state index contributed by atoms with van der Waals surface area (Å²) in [5.41, 5.74) is 1.05. The fourth-order valence-corrected chi connectivity index (χ4v) is 3.21. The molecule has 1 rings (SSSR count). The molecule has 1 heteroatoms. The van der Waals surface area contributed by atoms with Gasteiger partial charge in [0.25, 0.3) is 0 Å². The molecule has 84 valence electrons. The van der Waals surface area contributed by atoms with E-state index in [1.807, 2.05) is 0 Å². The maximum absolute atomic E-state index is 3.66. The molecular formula is C13H27N. The fraction of sp³-hybridized carbons (Fsp3) is 1.00. The van der Waals surface area contributed by atoms with Crippen molar-refractivity contribution in [3.63, 3.8) is 0 Å². The second-order valence-electron chi connectivity index (χ2n) is 5.87. The summed E-state index contributed by atoms with van der Waals surface area (Å²) in [6.45, 7) is 15.3. The van der Waals surface area contributed by atoms with Crippen LogP contribution in [0.4, 0.5) is 0 Å². The summed E-state index contributed by atoms with van der Waals surface area (Å²) in [6.07, 6.45) is 2.62. The molecule has 1 saturated carbocycles. The molecule has 0 aromatic rings. The van der Waals surface area contributed by atoms with E-state index in [-0.39, 0.29) is 0 Å². The van der Waals surface area contributed by atoms with E-state index in [2.05, 4.69) is 46.9 Å². The second-order valence-corrected chi connectivity index (χ2v) is 5.87. The third-order valence-corrected chi connectivity index (χ3v) is 4.60. The van der Waals surface area contributed by atoms with E-state index in [1.54, 1.807) is 0 Å². The molecule has 0 bridgehead atoms. The van der Waals surface area contributed by atoms with E-state index in [0.29, 0.717) is 10.8 Å². The summed E-state index contributed by atoms with van der Waals surface area (Å²) in [6, 6.07) is 0.731. The first-order chi connectivity index (χ1) is 6.39. The summed E-state index contributed by atoms with van der Waals surface area (Å²) in [5, 5.41) is 3.66. The zero-order valence-electron chi connectivity index (χ0n) is 10.8. The van der Waals surface area contributed by atoms with Gasteiger partial charge < -0.3 is 5.32 Å². The van der Waals surface area contributed by atoms with Crippen molar-refractivity contribution >= 4 is 0 Å². The largest absolute Gasteiger partial charge is 0.314 e. The molecule has 14 heavy (non-hydrogen) atoms. The van der Waals surface area contributed by atoms with Gasteiger partial charge in [-0.2, -0.15) is 0 Å². The third kappa shape index (κ3) is 1.71. The van der Waals surface area contributed by atoms with Crippen molar-refractivity contribution in [1.82, 2.24) is 5.32 Å². The van der Waals surface area contributed by atoms with Crippen molar-refractivity contribution in [3.8, 4) is 0 Å². The molecule has 0 aromatic heterocycles. The quantitative estimate of drug-likeness (QED) is 0.712. The Hall–Kier alpha value is -0.0400. The second kappa shape index (κ2) is 3.84. The predicted molar refractivity (Wildman–Crippen MR) is 63.4 cm³/mol. The van der Waals surface area contributed by atoms with Crippen LogP contribution in [0.5, 0.6) is 0 Å². The van der Waals surface area contributed by atoms with Gasteiger partial charge in [-0.1, -0.05) is 48.0 Å². The molecule has 1 nitrogen and oxygen atoms in total. The molecule has 1 unspecified atom stereocenters. The van der Waals surface area contributed by atoms with Gasteiger partial charge in [-0.15, -0.1) is 0 Å². The van der Waals surface area contributed by atoms with Crippen LogP contribution in [-0.4, -0.2) is 12.6 Å². The zero-order chi connectivity index (χ0) is 11.0. The highest BCUT2D eigenvalue weighted by molar-refractivity contribution is 5.16. The van der Waals surface area contributed by atoms with Crippen LogP contribution in [0.3, 0.4) is 0 Å². The van der Waals surface area contributed by atoms with Gasteiger partial charge in [0.15, 0.2) is 0 Å². The van der Waals surface area contributed by atoms with Crippen molar-refractivity contribution in [2.75, 3.05) is 6.54 Å². The lowest BCUT2D eigenvalue weighted by Crippen LogP contribution is -2.33. The Balaban J connectivity index is 2.63. The molecule has 0 aliphatic heterocycles. The maximum Gasteiger partial charge on any atom is 0.0106 e. The predicted octanol–water partition coefficient (Wildman–Crippen LogP) is 3.45. The van der Waals surface area contributed by atoms with Crippen LogP contribution in [0, 0.1) is 16.7 Å². The van der Waals surface area contributed by atoms with E-state index in [4.69, 9.17) is 0 Å². The SMILES string of the molecule is CCCC(NCC)C1C(C)(C)C1(C)C. The molecular weight excluding hydrogens is 170 g/mol. The van der Waals surface area contributed by atoms with Gasteiger partial charge in [0.2, 0.25) is 0 Å². The minimum absolute atomic E-state index is 0.523. The van der Waals surface area contributed by atoms with Crippen molar-refractivity contribution in [2.24, 2.45) is 16.7 Å². The summed E-state index contributed by atoms with van der Waals surface area (Å²) in [7, 11) is 0. The van der Waals surface area contributed by atoms with Crippen LogP contribution in [0.1, 0.15) is 54.4 Å². The first kappa shape index (κ1) is 12.0. The van der Waals surface area contributed by atoms with Gasteiger partial charge in [-0.3, -0.25) is 0 Å². The van der Waals surface area contributed by atoms with Gasteiger partial charge in [-0.25, -0.2) is 0 Å². The third-order valence-electron chi connectivity index (χ3n) is 4.60. The van der Waals surface area contributed by atoms with Gasteiger partial charge in [0.1, 0.15) is 0 Å². The van der Waals surface area contributed by atoms with Crippen molar-refractivity contribution in [1.29, 1.82) is 0 Å². The van der Waals surface area contributed by atoms with E-state index < -0.39 is 0 Å². The molecule has 0 saturated heterocycles. The average Bonchev–Trinajstić information content (AvgIpc) is 2.43. The average molecular weight is 197 g/mol. The van der Waals surface area contributed by atoms with E-state index in [1.165, 1.54) is 12.8 Å². The fourth-order valence-electron chi connectivity index (χ4n) is 3.21. The highest BCUT2D eigenvalue weighted by Gasteiger charge is 2.66. The van der Waals surface area contributed by atoms with Crippen LogP contribution in [0.15, 0.2) is 0 Å². The van der Waals surface area contributed by atoms with Crippen molar-refractivity contribution in [3.05, 3.63) is 0 Å². The minimum atomic E-state index is 0.523. The van der Waals surface area contributed by atoms with Gasteiger partial charge >= 0.3 is 0 Å². The Morgan fingerprint density at radius 1 is 1.07 bits per heavy atom. The van der Waals surface area contributed by atoms with E-state index >= 15 is 0 Å². The van der Waals surface area contributed by atoms with Crippen molar-refractivity contribution < 1.29 is 0 Å². The normalized spacial score (nSPS) is 26.1. The summed E-state index contributed by atoms with van der Waals surface area (Å²) < 4.78 is 0. The molecule has 1 aliphatic carbocycles. The van der Waals surface area contributed by atoms with Gasteiger partial charge in [0, 0.05) is 6.04 Å². The monoisotopic (exact) mass is 197 g/mol. The Morgan fingerprint density at radius 2 is 1.57 bits per heavy atom. The molecule has 0 spiro atoms. The standard InChI is InChI=1S/C13H27N/c1-7-9-10(14-8-2)11-12(3,4)13(11,5)6/h10-11,14H,7-9H2,1-6H3. The Morgan fingerprint density at radius 3 is 1.86 bits per heavy atom. The summed E-state index contributed by atoms with van der Waals surface area (Å²) >= 11 is 0. The van der Waals surface area contributed by atoms with Crippen LogP contribution in [0.25, 0.3) is 0 Å². The van der Waals surface area contributed by atoms with Gasteiger partial charge in [0.05, 0.1) is 0 Å². The number of hydrogen-bond donors (Lipinski definition) is 1. The molecule has 1 fully saturated rings. The Bertz CT molecular complexity index is 173. The number of nitrogens with one attached hydrogen (secondary N) is 1. The molecule has 1 aliphatic rings. The van der Waals surface area contributed by atoms with E-state index in [0.717, 1.165) is 18.5 Å². The number of rotatable bonds is 5. The molecule has 0 amide bonds. The molecule has 0 aromatic carbocycles. The highest BCUT2D eigenvalue weighted by atomic mass is 15.0. The van der Waals surface area contributed by atoms with Gasteiger partial charge in [-0.05, 0) is 29.7 Å². The Kier molecular flexibility index (Phi) is 3.30. The molecule has 1 atom stereocenters. The molecule has 0 heterocycles. The topological polar surface area (TPSA) is 12.0 Å². The van der Waals surface area contributed by atoms with Crippen LogP contribution < -0.4 is 5.32 Å². The lowest BCUT2D eigenvalue weighted by molar-refractivity contribution is 0.381. The first-order valence-electron chi connectivity index (χ1n) is 6.13. The summed E-state index contributed by atoms with van der Waals surface area (Å²) in [5.74, 6) is 0.856.